The average molecular weight is 494 g/mol. The Morgan fingerprint density at radius 3 is 2.39 bits per heavy atom. The van der Waals surface area contributed by atoms with Gasteiger partial charge in [0.05, 0.1) is 12.9 Å². The predicted octanol–water partition coefficient (Wildman–Crippen LogP) is 5.18. The molecule has 7 nitrogen and oxygen atoms in total. The number of hydrogen-bond acceptors (Lipinski definition) is 5. The SMILES string of the molecule is CCCCOc1cc(C(C)(C)C)ccc1CNC(=O)NSCc1ccc(NS(C)(=O)=O)cc1. The minimum Gasteiger partial charge on any atom is -0.493 e. The molecule has 0 heterocycles. The smallest absolute Gasteiger partial charge is 0.325 e. The van der Waals surface area contributed by atoms with Crippen LogP contribution in [0.15, 0.2) is 42.5 Å². The summed E-state index contributed by atoms with van der Waals surface area (Å²) in [7, 11) is -3.30. The normalized spacial score (nSPS) is 11.7. The molecule has 2 aromatic rings. The summed E-state index contributed by atoms with van der Waals surface area (Å²) >= 11 is 1.26. The highest BCUT2D eigenvalue weighted by Crippen LogP contribution is 2.29. The standard InChI is InChI=1S/C24H35N3O4S2/c1-6-7-14-31-22-15-20(24(2,3)4)11-10-19(22)16-25-23(28)26-32-17-18-8-12-21(13-9-18)27-33(5,29)30/h8-13,15,27H,6-7,14,16-17H2,1-5H3,(H2,25,26,28). The molecule has 0 aliphatic heterocycles. The number of hydrogen-bond donors (Lipinski definition) is 3. The molecule has 2 amide bonds. The summed E-state index contributed by atoms with van der Waals surface area (Å²) in [4.78, 5) is 12.3. The first kappa shape index (κ1) is 26.9. The van der Waals surface area contributed by atoms with Crippen molar-refractivity contribution >= 4 is 33.7 Å². The molecule has 0 fully saturated rings. The molecule has 3 N–H and O–H groups in total. The number of urea groups is 1. The van der Waals surface area contributed by atoms with Crippen LogP contribution in [0.3, 0.4) is 0 Å². The lowest BCUT2D eigenvalue weighted by Crippen LogP contribution is -2.31. The quantitative estimate of drug-likeness (QED) is 0.296. The molecule has 0 bridgehead atoms. The first-order valence-corrected chi connectivity index (χ1v) is 13.8. The topological polar surface area (TPSA) is 96.5 Å². The van der Waals surface area contributed by atoms with Crippen LogP contribution in [0.25, 0.3) is 0 Å². The number of carbonyl (C=O) groups is 1. The second-order valence-corrected chi connectivity index (χ2v) is 11.4. The fraction of sp³-hybridized carbons (Fsp3) is 0.458. The Hall–Kier alpha value is -2.39. The van der Waals surface area contributed by atoms with Crippen LogP contribution in [0.2, 0.25) is 0 Å². The molecule has 182 valence electrons. The molecule has 33 heavy (non-hydrogen) atoms. The van der Waals surface area contributed by atoms with Crippen LogP contribution in [0.4, 0.5) is 10.5 Å². The molecule has 0 radical (unpaired) electrons. The highest BCUT2D eigenvalue weighted by Gasteiger charge is 2.16. The fourth-order valence-corrected chi connectivity index (χ4v) is 4.11. The van der Waals surface area contributed by atoms with Gasteiger partial charge in [-0.3, -0.25) is 9.44 Å². The van der Waals surface area contributed by atoms with Crippen LogP contribution in [-0.4, -0.2) is 27.3 Å². The summed E-state index contributed by atoms with van der Waals surface area (Å²) in [5.41, 5.74) is 3.61. The van der Waals surface area contributed by atoms with E-state index in [0.29, 0.717) is 24.6 Å². The van der Waals surface area contributed by atoms with Crippen molar-refractivity contribution in [3.63, 3.8) is 0 Å². The first-order chi connectivity index (χ1) is 15.5. The van der Waals surface area contributed by atoms with Crippen molar-refractivity contribution in [2.24, 2.45) is 0 Å². The summed E-state index contributed by atoms with van der Waals surface area (Å²) < 4.78 is 33.7. The molecular weight excluding hydrogens is 458 g/mol. The maximum atomic E-state index is 12.3. The Bertz CT molecular complexity index is 1020. The lowest BCUT2D eigenvalue weighted by molar-refractivity contribution is 0.246. The zero-order valence-electron chi connectivity index (χ0n) is 20.0. The molecule has 0 aromatic heterocycles. The summed E-state index contributed by atoms with van der Waals surface area (Å²) in [6, 6.07) is 12.9. The molecule has 0 saturated heterocycles. The minimum absolute atomic E-state index is 0.0158. The van der Waals surface area contributed by atoms with Gasteiger partial charge in [-0.2, -0.15) is 0 Å². The summed E-state index contributed by atoms with van der Waals surface area (Å²) in [5, 5.41) is 2.88. The second kappa shape index (κ2) is 12.2. The van der Waals surface area contributed by atoms with Crippen LogP contribution in [0.5, 0.6) is 5.75 Å². The van der Waals surface area contributed by atoms with E-state index in [-0.39, 0.29) is 11.4 Å². The zero-order valence-corrected chi connectivity index (χ0v) is 21.7. The van der Waals surface area contributed by atoms with Crippen LogP contribution in [0, 0.1) is 0 Å². The van der Waals surface area contributed by atoms with Crippen molar-refractivity contribution in [3.8, 4) is 5.75 Å². The zero-order chi connectivity index (χ0) is 24.5. The molecule has 2 rings (SSSR count). The van der Waals surface area contributed by atoms with Crippen molar-refractivity contribution in [1.82, 2.24) is 10.0 Å². The average Bonchev–Trinajstić information content (AvgIpc) is 2.72. The van der Waals surface area contributed by atoms with E-state index >= 15 is 0 Å². The van der Waals surface area contributed by atoms with Crippen molar-refractivity contribution in [1.29, 1.82) is 0 Å². The van der Waals surface area contributed by atoms with E-state index in [1.807, 2.05) is 18.2 Å². The van der Waals surface area contributed by atoms with Crippen LogP contribution < -0.4 is 19.5 Å². The molecule has 0 aliphatic rings. The number of ether oxygens (including phenoxy) is 1. The van der Waals surface area contributed by atoms with Crippen molar-refractivity contribution in [2.75, 3.05) is 17.6 Å². The largest absolute Gasteiger partial charge is 0.493 e. The predicted molar refractivity (Wildman–Crippen MR) is 137 cm³/mol. The molecule has 0 saturated carbocycles. The molecule has 0 atom stereocenters. The number of rotatable bonds is 11. The number of amides is 2. The van der Waals surface area contributed by atoms with E-state index in [9.17, 15) is 13.2 Å². The Morgan fingerprint density at radius 1 is 1.09 bits per heavy atom. The van der Waals surface area contributed by atoms with Gasteiger partial charge in [0.25, 0.3) is 0 Å². The third-order valence-electron chi connectivity index (χ3n) is 4.79. The van der Waals surface area contributed by atoms with E-state index in [4.69, 9.17) is 4.74 Å². The number of unbranched alkanes of at least 4 members (excludes halogenated alkanes) is 1. The summed E-state index contributed by atoms with van der Waals surface area (Å²) in [6.45, 7) is 9.63. The highest BCUT2D eigenvalue weighted by atomic mass is 32.2. The summed E-state index contributed by atoms with van der Waals surface area (Å²) in [6.07, 6.45) is 3.15. The van der Waals surface area contributed by atoms with Crippen molar-refractivity contribution in [3.05, 3.63) is 59.2 Å². The third-order valence-corrected chi connectivity index (χ3v) is 6.20. The first-order valence-electron chi connectivity index (χ1n) is 11.0. The Morgan fingerprint density at radius 2 is 1.79 bits per heavy atom. The summed E-state index contributed by atoms with van der Waals surface area (Å²) in [5.74, 6) is 1.37. The molecule has 0 unspecified atom stereocenters. The van der Waals surface area contributed by atoms with Crippen LogP contribution in [0.1, 0.15) is 57.2 Å². The van der Waals surface area contributed by atoms with Crippen molar-refractivity contribution in [2.45, 2.75) is 58.2 Å². The number of carbonyl (C=O) groups excluding carboxylic acids is 1. The Kier molecular flexibility index (Phi) is 9.91. The monoisotopic (exact) mass is 493 g/mol. The van der Waals surface area contributed by atoms with E-state index < -0.39 is 10.0 Å². The van der Waals surface area contributed by atoms with Gasteiger partial charge in [0.1, 0.15) is 5.75 Å². The van der Waals surface area contributed by atoms with Crippen LogP contribution in [-0.2, 0) is 27.7 Å². The molecular formula is C24H35N3O4S2. The number of benzene rings is 2. The van der Waals surface area contributed by atoms with Gasteiger partial charge >= 0.3 is 6.03 Å². The molecule has 0 aliphatic carbocycles. The number of sulfonamides is 1. The lowest BCUT2D eigenvalue weighted by Gasteiger charge is -2.21. The molecule has 9 heteroatoms. The van der Waals surface area contributed by atoms with Gasteiger partial charge in [-0.05, 0) is 53.1 Å². The molecule has 0 spiro atoms. The van der Waals surface area contributed by atoms with Gasteiger partial charge in [0.15, 0.2) is 0 Å². The van der Waals surface area contributed by atoms with Crippen LogP contribution >= 0.6 is 11.9 Å². The third kappa shape index (κ3) is 9.96. The van der Waals surface area contributed by atoms with Gasteiger partial charge in [-0.1, -0.05) is 58.4 Å². The van der Waals surface area contributed by atoms with E-state index in [2.05, 4.69) is 54.6 Å². The van der Waals surface area contributed by atoms with Gasteiger partial charge in [0, 0.05) is 23.5 Å². The van der Waals surface area contributed by atoms with E-state index in [1.165, 1.54) is 17.5 Å². The number of anilines is 1. The number of nitrogens with one attached hydrogen (secondary N) is 3. The Labute approximate surface area is 202 Å². The lowest BCUT2D eigenvalue weighted by atomic mass is 9.86. The maximum Gasteiger partial charge on any atom is 0.325 e. The van der Waals surface area contributed by atoms with Crippen molar-refractivity contribution < 1.29 is 17.9 Å². The van der Waals surface area contributed by atoms with Gasteiger partial charge in [0.2, 0.25) is 10.0 Å². The van der Waals surface area contributed by atoms with Gasteiger partial charge in [-0.15, -0.1) is 0 Å². The minimum atomic E-state index is -3.30. The van der Waals surface area contributed by atoms with E-state index in [0.717, 1.165) is 36.0 Å². The maximum absolute atomic E-state index is 12.3. The fourth-order valence-electron chi connectivity index (χ4n) is 2.91. The van der Waals surface area contributed by atoms with Gasteiger partial charge < -0.3 is 10.1 Å². The second-order valence-electron chi connectivity index (χ2n) is 8.92. The molecule has 2 aromatic carbocycles. The highest BCUT2D eigenvalue weighted by molar-refractivity contribution is 7.97. The van der Waals surface area contributed by atoms with Gasteiger partial charge in [-0.25, -0.2) is 13.2 Å². The Balaban J connectivity index is 1.87. The van der Waals surface area contributed by atoms with E-state index in [1.54, 1.807) is 12.1 Å².